The SMILES string of the molecule is CC(=O)C(N=Nc1cc(Cl)cc(C(=O)Nc2ccc(Cl)cc2Cl)c1)C(=O)Nc1ccc(NC(=O)C(N=Nc2cc(Cl)cc(C(=O)Nc3ccc(Cl)cc3Cl)c2)C(C)=O)c(OCCCl)c1. The number of azo groups is 2. The molecular formula is C42H31Cl7N8O7. The normalized spacial score (nSPS) is 12.1. The van der Waals surface area contributed by atoms with Gasteiger partial charge in [-0.05, 0) is 98.8 Å². The maximum absolute atomic E-state index is 13.5. The largest absolute Gasteiger partial charge is 0.490 e. The van der Waals surface area contributed by atoms with Crippen molar-refractivity contribution in [3.63, 3.8) is 0 Å². The summed E-state index contributed by atoms with van der Waals surface area (Å²) in [5.41, 5.74) is 0.992. The molecule has 5 aromatic carbocycles. The van der Waals surface area contributed by atoms with E-state index < -0.39 is 47.3 Å². The fraction of sp³-hybridized carbons (Fsp3) is 0.143. The number of anilines is 4. The monoisotopic (exact) mass is 1000 g/mol. The van der Waals surface area contributed by atoms with E-state index in [1.165, 1.54) is 78.9 Å². The number of alkyl halides is 1. The second-order valence-corrected chi connectivity index (χ2v) is 16.2. The third kappa shape index (κ3) is 13.9. The first-order chi connectivity index (χ1) is 30.4. The van der Waals surface area contributed by atoms with E-state index in [1.54, 1.807) is 12.1 Å². The topological polar surface area (TPSA) is 209 Å². The van der Waals surface area contributed by atoms with Crippen LogP contribution in [0.3, 0.4) is 0 Å². The Labute approximate surface area is 399 Å². The summed E-state index contributed by atoms with van der Waals surface area (Å²) in [6, 6.07) is 17.9. The second kappa shape index (κ2) is 22.8. The van der Waals surface area contributed by atoms with Crippen molar-refractivity contribution in [3.8, 4) is 5.75 Å². The Morgan fingerprint density at radius 3 is 1.42 bits per heavy atom. The number of carbonyl (C=O) groups excluding carboxylic acids is 6. The molecule has 22 heteroatoms. The molecule has 0 aromatic heterocycles. The Balaban J connectivity index is 1.29. The van der Waals surface area contributed by atoms with Crippen LogP contribution < -0.4 is 26.0 Å². The lowest BCUT2D eigenvalue weighted by atomic mass is 10.1. The van der Waals surface area contributed by atoms with Crippen molar-refractivity contribution in [1.29, 1.82) is 0 Å². The minimum absolute atomic E-state index is 0.0166. The molecule has 0 aliphatic heterocycles. The predicted molar refractivity (Wildman–Crippen MR) is 250 cm³/mol. The zero-order valence-corrected chi connectivity index (χ0v) is 38.3. The molecule has 0 heterocycles. The summed E-state index contributed by atoms with van der Waals surface area (Å²) >= 11 is 42.6. The molecule has 0 aliphatic rings. The summed E-state index contributed by atoms with van der Waals surface area (Å²) < 4.78 is 5.72. The number of benzene rings is 5. The number of amides is 4. The van der Waals surface area contributed by atoms with Gasteiger partial charge in [0.15, 0.2) is 11.6 Å². The number of nitrogens with one attached hydrogen (secondary N) is 4. The first-order valence-electron chi connectivity index (χ1n) is 18.3. The Bertz CT molecular complexity index is 2720. The fourth-order valence-corrected chi connectivity index (χ4v) is 6.81. The lowest BCUT2D eigenvalue weighted by Crippen LogP contribution is -2.32. The zero-order chi connectivity index (χ0) is 46.7. The van der Waals surface area contributed by atoms with Crippen LogP contribution in [-0.2, 0) is 19.2 Å². The van der Waals surface area contributed by atoms with Crippen LogP contribution in [0.1, 0.15) is 34.6 Å². The van der Waals surface area contributed by atoms with E-state index in [1.807, 2.05) is 0 Å². The van der Waals surface area contributed by atoms with Gasteiger partial charge in [0.25, 0.3) is 23.6 Å². The van der Waals surface area contributed by atoms with Gasteiger partial charge in [0.05, 0.1) is 44.4 Å². The highest BCUT2D eigenvalue weighted by atomic mass is 35.5. The highest BCUT2D eigenvalue weighted by molar-refractivity contribution is 6.38. The van der Waals surface area contributed by atoms with Gasteiger partial charge < -0.3 is 26.0 Å². The summed E-state index contributed by atoms with van der Waals surface area (Å²) in [7, 11) is 0. The molecule has 0 saturated heterocycles. The van der Waals surface area contributed by atoms with E-state index in [4.69, 9.17) is 85.9 Å². The van der Waals surface area contributed by atoms with Crippen molar-refractivity contribution >= 4 is 151 Å². The van der Waals surface area contributed by atoms with Gasteiger partial charge in [-0.3, -0.25) is 28.8 Å². The summed E-state index contributed by atoms with van der Waals surface area (Å²) in [5, 5.41) is 27.7. The number of ether oxygens (including phenoxy) is 1. The first-order valence-corrected chi connectivity index (χ1v) is 21.1. The molecule has 4 N–H and O–H groups in total. The number of ketones is 2. The van der Waals surface area contributed by atoms with Crippen molar-refractivity contribution in [2.75, 3.05) is 33.8 Å². The highest BCUT2D eigenvalue weighted by Gasteiger charge is 2.26. The molecule has 5 aromatic rings. The average molecular weight is 1010 g/mol. The molecule has 330 valence electrons. The number of hydrogen-bond donors (Lipinski definition) is 4. The van der Waals surface area contributed by atoms with Crippen molar-refractivity contribution in [1.82, 2.24) is 0 Å². The maximum atomic E-state index is 13.5. The summed E-state index contributed by atoms with van der Waals surface area (Å²) in [4.78, 5) is 78.1. The molecule has 0 spiro atoms. The molecule has 0 fully saturated rings. The third-order valence-corrected chi connectivity index (χ3v) is 10.0. The lowest BCUT2D eigenvalue weighted by Gasteiger charge is -2.16. The lowest BCUT2D eigenvalue weighted by molar-refractivity contribution is -0.127. The van der Waals surface area contributed by atoms with Gasteiger partial charge in [0.2, 0.25) is 12.1 Å². The average Bonchev–Trinajstić information content (AvgIpc) is 3.22. The number of halogens is 7. The molecule has 2 atom stereocenters. The van der Waals surface area contributed by atoms with Gasteiger partial charge in [-0.25, -0.2) is 0 Å². The van der Waals surface area contributed by atoms with Gasteiger partial charge in [-0.2, -0.15) is 20.5 Å². The Morgan fingerprint density at radius 2 is 0.984 bits per heavy atom. The van der Waals surface area contributed by atoms with Gasteiger partial charge in [-0.15, -0.1) is 11.6 Å². The number of hydrogen-bond acceptors (Lipinski definition) is 11. The minimum Gasteiger partial charge on any atom is -0.490 e. The van der Waals surface area contributed by atoms with Crippen LogP contribution in [0, 0.1) is 0 Å². The van der Waals surface area contributed by atoms with E-state index >= 15 is 0 Å². The number of rotatable bonds is 17. The second-order valence-electron chi connectivity index (χ2n) is 13.2. The van der Waals surface area contributed by atoms with E-state index in [-0.39, 0.29) is 83.6 Å². The van der Waals surface area contributed by atoms with Gasteiger partial charge in [0, 0.05) is 43.0 Å². The smallest absolute Gasteiger partial charge is 0.258 e. The van der Waals surface area contributed by atoms with Crippen LogP contribution >= 0.6 is 81.2 Å². The number of nitrogens with zero attached hydrogens (tertiary/aromatic N) is 4. The molecule has 64 heavy (non-hydrogen) atoms. The third-order valence-electron chi connectivity index (χ3n) is 8.33. The Kier molecular flexibility index (Phi) is 17.6. The summed E-state index contributed by atoms with van der Waals surface area (Å²) in [6.07, 6.45) is 0. The molecule has 2 unspecified atom stereocenters. The molecule has 5 rings (SSSR count). The molecule has 0 saturated carbocycles. The molecule has 0 bridgehead atoms. The Hall–Kier alpha value is -5.65. The van der Waals surface area contributed by atoms with Crippen LogP contribution in [0.2, 0.25) is 30.1 Å². The van der Waals surface area contributed by atoms with Crippen molar-refractivity contribution < 1.29 is 33.5 Å². The van der Waals surface area contributed by atoms with E-state index in [9.17, 15) is 28.8 Å². The van der Waals surface area contributed by atoms with Crippen LogP contribution in [0.5, 0.6) is 5.75 Å². The minimum atomic E-state index is -1.67. The number of Topliss-reactive ketones (excluding diaryl/α,β-unsaturated/α-hetero) is 2. The van der Waals surface area contributed by atoms with Gasteiger partial charge in [-0.1, -0.05) is 69.6 Å². The molecule has 15 nitrogen and oxygen atoms in total. The quantitative estimate of drug-likeness (QED) is 0.0402. The fourth-order valence-electron chi connectivity index (χ4n) is 5.37. The van der Waals surface area contributed by atoms with Crippen molar-refractivity contribution in [3.05, 3.63) is 132 Å². The predicted octanol–water partition coefficient (Wildman–Crippen LogP) is 12.1. The van der Waals surface area contributed by atoms with E-state index in [0.717, 1.165) is 13.8 Å². The first kappa shape index (κ1) is 49.4. The zero-order valence-electron chi connectivity index (χ0n) is 33.0. The van der Waals surface area contributed by atoms with Crippen LogP contribution in [0.25, 0.3) is 0 Å². The molecule has 0 aliphatic carbocycles. The standard InChI is InChI=1S/C42H31Cl7N8O7/c1-20(58)37(56-54-29-13-22(11-26(46)15-29)39(60)51-33-6-3-24(44)17-31(33)48)41(62)50-28-5-8-35(36(19-28)64-10-9-43)53-42(63)38(21(2)59)57-55-30-14-23(12-27(47)16-30)40(61)52-34-7-4-25(45)18-32(34)49/h3-8,11-19,37-38H,9-10H2,1-2H3,(H,50,62)(H,51,60)(H,52,61)(H,53,63). The van der Waals surface area contributed by atoms with Crippen LogP contribution in [0.15, 0.2) is 111 Å². The number of carbonyl (C=O) groups is 6. The van der Waals surface area contributed by atoms with Crippen LogP contribution in [0.4, 0.5) is 34.1 Å². The van der Waals surface area contributed by atoms with Crippen molar-refractivity contribution in [2.45, 2.75) is 25.9 Å². The molecular weight excluding hydrogens is 977 g/mol. The molecule has 0 radical (unpaired) electrons. The maximum Gasteiger partial charge on any atom is 0.258 e. The van der Waals surface area contributed by atoms with E-state index in [2.05, 4.69) is 41.7 Å². The van der Waals surface area contributed by atoms with Gasteiger partial charge >= 0.3 is 0 Å². The summed E-state index contributed by atoms with van der Waals surface area (Å²) in [6.45, 7) is 2.22. The van der Waals surface area contributed by atoms with E-state index in [0.29, 0.717) is 10.0 Å². The Morgan fingerprint density at radius 1 is 0.531 bits per heavy atom. The van der Waals surface area contributed by atoms with Crippen molar-refractivity contribution in [2.24, 2.45) is 20.5 Å². The highest BCUT2D eigenvalue weighted by Crippen LogP contribution is 2.32. The van der Waals surface area contributed by atoms with Crippen LogP contribution in [-0.4, -0.2) is 59.8 Å². The molecule has 4 amide bonds. The summed E-state index contributed by atoms with van der Waals surface area (Å²) in [5.74, 6) is -4.28. The van der Waals surface area contributed by atoms with Gasteiger partial charge in [0.1, 0.15) is 12.4 Å².